The summed E-state index contributed by atoms with van der Waals surface area (Å²) in [5.74, 6) is 2.42. The van der Waals surface area contributed by atoms with E-state index in [1.165, 1.54) is 37.7 Å². The Bertz CT molecular complexity index is 830. The molecule has 1 saturated heterocycles. The highest BCUT2D eigenvalue weighted by Crippen LogP contribution is 2.64. The molecule has 1 aliphatic heterocycles. The molecule has 0 aromatic heterocycles. The van der Waals surface area contributed by atoms with Crippen molar-refractivity contribution in [3.63, 3.8) is 0 Å². The minimum absolute atomic E-state index is 0.333. The smallest absolute Gasteiger partial charge is 0.410 e. The Balaban J connectivity index is 1.13. The van der Waals surface area contributed by atoms with Crippen molar-refractivity contribution in [2.75, 3.05) is 13.1 Å². The lowest BCUT2D eigenvalue weighted by Gasteiger charge is -2.57. The Kier molecular flexibility index (Phi) is 5.21. The molecule has 7 heteroatoms. The zero-order valence-electron chi connectivity index (χ0n) is 18.6. The molecule has 2 atom stereocenters. The van der Waals surface area contributed by atoms with E-state index in [1.807, 2.05) is 24.3 Å². The Hall–Kier alpha value is -1.67. The summed E-state index contributed by atoms with van der Waals surface area (Å²) in [6.07, 6.45) is 9.69. The number of hydrogen-bond acceptors (Lipinski definition) is 6. The summed E-state index contributed by atoms with van der Waals surface area (Å²) < 4.78 is 12.2. The molecular weight excluding hydrogens is 408 g/mol. The molecule has 0 unspecified atom stereocenters. The number of rotatable bonds is 4. The van der Waals surface area contributed by atoms with Gasteiger partial charge in [-0.2, -0.15) is 9.78 Å². The maximum absolute atomic E-state index is 11.7. The third-order valence-electron chi connectivity index (χ3n) is 8.59. The second-order valence-electron chi connectivity index (χ2n) is 10.7. The minimum atomic E-state index is -0.629. The maximum Gasteiger partial charge on any atom is 0.412 e. The molecule has 4 bridgehead atoms. The highest BCUT2D eigenvalue weighted by molar-refractivity contribution is 5.70. The molecule has 2 spiro atoms. The predicted molar refractivity (Wildman–Crippen MR) is 116 cm³/mol. The van der Waals surface area contributed by atoms with Crippen LogP contribution in [0.5, 0.6) is 5.75 Å². The van der Waals surface area contributed by atoms with Crippen molar-refractivity contribution < 1.29 is 24.0 Å². The molecule has 1 aromatic carbocycles. The fourth-order valence-electron chi connectivity index (χ4n) is 7.39. The van der Waals surface area contributed by atoms with E-state index in [2.05, 4.69) is 5.32 Å². The molecule has 1 aromatic rings. The van der Waals surface area contributed by atoms with Gasteiger partial charge >= 0.3 is 6.09 Å². The average molecular weight is 443 g/mol. The number of nitrogens with two attached hydrogens (primary N) is 1. The van der Waals surface area contributed by atoms with Crippen molar-refractivity contribution in [2.45, 2.75) is 75.3 Å². The van der Waals surface area contributed by atoms with Gasteiger partial charge in [0.1, 0.15) is 5.75 Å². The molecule has 7 rings (SSSR count). The van der Waals surface area contributed by atoms with Gasteiger partial charge in [-0.1, -0.05) is 12.1 Å². The summed E-state index contributed by atoms with van der Waals surface area (Å²) in [4.78, 5) is 24.1. The summed E-state index contributed by atoms with van der Waals surface area (Å²) >= 11 is 0. The van der Waals surface area contributed by atoms with Crippen molar-refractivity contribution in [1.82, 2.24) is 5.32 Å². The Morgan fingerprint density at radius 1 is 1.06 bits per heavy atom. The van der Waals surface area contributed by atoms with Crippen LogP contribution in [0, 0.1) is 23.7 Å². The van der Waals surface area contributed by atoms with Crippen LogP contribution in [-0.2, 0) is 14.5 Å². The highest BCUT2D eigenvalue weighted by atomic mass is 17.3. The number of carbonyl (C=O) groups is 1. The van der Waals surface area contributed by atoms with Crippen molar-refractivity contribution >= 4 is 6.09 Å². The summed E-state index contributed by atoms with van der Waals surface area (Å²) in [7, 11) is 0. The number of amides is 1. The molecule has 3 N–H and O–H groups in total. The zero-order valence-corrected chi connectivity index (χ0v) is 18.6. The van der Waals surface area contributed by atoms with Crippen LogP contribution in [0.4, 0.5) is 4.79 Å². The van der Waals surface area contributed by atoms with Gasteiger partial charge in [0.25, 0.3) is 0 Å². The number of hydrogen-bond donors (Lipinski definition) is 2. The first-order valence-electron chi connectivity index (χ1n) is 12.4. The van der Waals surface area contributed by atoms with Crippen LogP contribution in [0.2, 0.25) is 0 Å². The Morgan fingerprint density at radius 3 is 2.47 bits per heavy atom. The highest BCUT2D eigenvalue weighted by Gasteiger charge is 2.67. The fourth-order valence-corrected chi connectivity index (χ4v) is 7.39. The van der Waals surface area contributed by atoms with Gasteiger partial charge in [0.2, 0.25) is 11.6 Å². The monoisotopic (exact) mass is 442 g/mol. The van der Waals surface area contributed by atoms with Gasteiger partial charge in [0.15, 0.2) is 0 Å². The second kappa shape index (κ2) is 7.97. The number of ether oxygens (including phenoxy) is 2. The molecule has 6 aliphatic rings. The number of benzene rings is 1. The van der Waals surface area contributed by atoms with Crippen molar-refractivity contribution in [3.05, 3.63) is 29.8 Å². The molecule has 1 amide bonds. The molecule has 1 heterocycles. The third kappa shape index (κ3) is 3.54. The normalized spacial score (nSPS) is 42.0. The first kappa shape index (κ1) is 20.9. The van der Waals surface area contributed by atoms with E-state index in [9.17, 15) is 4.79 Å². The Morgan fingerprint density at radius 2 is 1.78 bits per heavy atom. The van der Waals surface area contributed by atoms with E-state index in [1.54, 1.807) is 0 Å². The summed E-state index contributed by atoms with van der Waals surface area (Å²) in [6, 6.07) is 7.79. The lowest BCUT2D eigenvalue weighted by atomic mass is 9.53. The standard InChI is InChI=1S/C25H34N2O5/c26-8-9-27-23(28)29-22-5-3-18(4-6-22)19-2-1-7-24(15-19)30-25(32-31-24)20-11-16-10-17(13-20)14-21(25)12-16/h3-6,16-17,19-21H,1-2,7-15,26H2,(H,27,28)/t16?,17?,19-,20?,21?,24-,25?/m1/s1. The van der Waals surface area contributed by atoms with Crippen LogP contribution in [-0.4, -0.2) is 30.8 Å². The number of nitrogens with one attached hydrogen (secondary N) is 1. The molecule has 174 valence electrons. The zero-order chi connectivity index (χ0) is 21.8. The van der Waals surface area contributed by atoms with Crippen molar-refractivity contribution in [1.29, 1.82) is 0 Å². The number of carbonyl (C=O) groups excluding carboxylic acids is 1. The average Bonchev–Trinajstić information content (AvgIpc) is 3.15. The quantitative estimate of drug-likeness (QED) is 0.679. The van der Waals surface area contributed by atoms with Crippen LogP contribution < -0.4 is 15.8 Å². The van der Waals surface area contributed by atoms with Gasteiger partial charge in [-0.05, 0) is 80.4 Å². The van der Waals surface area contributed by atoms with Crippen molar-refractivity contribution in [3.8, 4) is 5.75 Å². The first-order valence-corrected chi connectivity index (χ1v) is 12.4. The SMILES string of the molecule is NCCNC(=O)Oc1ccc([C@@H]2CCC[C@]3(C2)OOC2(O3)C3CC4CC(C3)CC2C4)cc1. The Labute approximate surface area is 189 Å². The summed E-state index contributed by atoms with van der Waals surface area (Å²) in [6.45, 7) is 0.781. The fraction of sp³-hybridized carbons (Fsp3) is 0.720. The lowest BCUT2D eigenvalue weighted by Crippen LogP contribution is -2.59. The van der Waals surface area contributed by atoms with E-state index in [-0.39, 0.29) is 0 Å². The molecule has 32 heavy (non-hydrogen) atoms. The molecule has 5 saturated carbocycles. The van der Waals surface area contributed by atoms with Crippen LogP contribution in [0.15, 0.2) is 24.3 Å². The molecule has 5 aliphatic carbocycles. The topological polar surface area (TPSA) is 92.0 Å². The van der Waals surface area contributed by atoms with Gasteiger partial charge in [0.05, 0.1) is 0 Å². The van der Waals surface area contributed by atoms with Gasteiger partial charge < -0.3 is 20.5 Å². The molecule has 6 fully saturated rings. The molecule has 7 nitrogen and oxygen atoms in total. The summed E-state index contributed by atoms with van der Waals surface area (Å²) in [5, 5.41) is 2.61. The van der Waals surface area contributed by atoms with Crippen LogP contribution >= 0.6 is 0 Å². The largest absolute Gasteiger partial charge is 0.412 e. The maximum atomic E-state index is 11.7. The van der Waals surface area contributed by atoms with E-state index >= 15 is 0 Å². The third-order valence-corrected chi connectivity index (χ3v) is 8.59. The van der Waals surface area contributed by atoms with Crippen LogP contribution in [0.1, 0.15) is 69.3 Å². The van der Waals surface area contributed by atoms with E-state index in [0.29, 0.717) is 36.6 Å². The second-order valence-corrected chi connectivity index (χ2v) is 10.7. The first-order chi connectivity index (χ1) is 15.6. The van der Waals surface area contributed by atoms with Crippen LogP contribution in [0.25, 0.3) is 0 Å². The van der Waals surface area contributed by atoms with E-state index < -0.39 is 17.7 Å². The summed E-state index contributed by atoms with van der Waals surface area (Å²) in [5.41, 5.74) is 6.62. The minimum Gasteiger partial charge on any atom is -0.410 e. The van der Waals surface area contributed by atoms with Gasteiger partial charge in [-0.25, -0.2) is 4.79 Å². The van der Waals surface area contributed by atoms with Crippen molar-refractivity contribution in [2.24, 2.45) is 29.4 Å². The van der Waals surface area contributed by atoms with E-state index in [0.717, 1.165) is 37.5 Å². The molecule has 0 radical (unpaired) electrons. The van der Waals surface area contributed by atoms with Gasteiger partial charge in [0, 0.05) is 37.8 Å². The predicted octanol–water partition coefficient (Wildman–Crippen LogP) is 4.22. The van der Waals surface area contributed by atoms with Gasteiger partial charge in [-0.3, -0.25) is 0 Å². The van der Waals surface area contributed by atoms with Crippen LogP contribution in [0.3, 0.4) is 0 Å². The molecular formula is C25H34N2O5. The van der Waals surface area contributed by atoms with E-state index in [4.69, 9.17) is 25.0 Å². The van der Waals surface area contributed by atoms with Gasteiger partial charge in [-0.15, -0.1) is 0 Å². The lowest BCUT2D eigenvalue weighted by molar-refractivity contribution is -0.390.